The maximum absolute atomic E-state index is 9.33. The van der Waals surface area contributed by atoms with Crippen LogP contribution in [0.5, 0.6) is 0 Å². The van der Waals surface area contributed by atoms with E-state index in [0.717, 1.165) is 7.11 Å². The Balaban J connectivity index is 0.000000612. The van der Waals surface area contributed by atoms with Gasteiger partial charge in [-0.3, -0.25) is 8.74 Å². The zero-order chi connectivity index (χ0) is 21.5. The summed E-state index contributed by atoms with van der Waals surface area (Å²) in [4.78, 5) is 0. The Morgan fingerprint density at radius 2 is 1.52 bits per heavy atom. The van der Waals surface area contributed by atoms with Gasteiger partial charge < -0.3 is 0 Å². The standard InChI is InChI=1S/C20H32NS2.CH4O4S/c1-3-4-5-6-7-8-9-10-11-14-17-21-18-15-12-13-16-19(18)23-20(21)22-2;1-5-6(2,3)4/h12-13,15-16H,3-11,14,17H2,1-2H3;1H3,(H,2,3,4)/q+1;. The number of hydrogen-bond acceptors (Lipinski definition) is 5. The van der Waals surface area contributed by atoms with Crippen molar-refractivity contribution >= 4 is 43.7 Å². The molecule has 1 aromatic carbocycles. The van der Waals surface area contributed by atoms with Gasteiger partial charge in [0.2, 0.25) is 5.52 Å². The second-order valence-electron chi connectivity index (χ2n) is 6.97. The molecule has 0 aliphatic heterocycles. The molecule has 2 rings (SSSR count). The van der Waals surface area contributed by atoms with E-state index in [2.05, 4.69) is 46.2 Å². The van der Waals surface area contributed by atoms with Gasteiger partial charge in [0, 0.05) is 12.5 Å². The quantitative estimate of drug-likeness (QED) is 0.164. The molecule has 166 valence electrons. The molecule has 2 aromatic rings. The van der Waals surface area contributed by atoms with E-state index in [9.17, 15) is 8.42 Å². The third kappa shape index (κ3) is 11.3. The Bertz CT molecular complexity index is 790. The van der Waals surface area contributed by atoms with E-state index in [4.69, 9.17) is 4.55 Å². The predicted molar refractivity (Wildman–Crippen MR) is 124 cm³/mol. The van der Waals surface area contributed by atoms with Crippen molar-refractivity contribution in [2.75, 3.05) is 13.4 Å². The minimum Gasteiger partial charge on any atom is -0.264 e. The molecule has 5 nitrogen and oxygen atoms in total. The molecular formula is C21H36NO4S3+. The minimum absolute atomic E-state index is 0.870. The Morgan fingerprint density at radius 3 is 2.03 bits per heavy atom. The van der Waals surface area contributed by atoms with Crippen molar-refractivity contribution in [1.82, 2.24) is 0 Å². The third-order valence-electron chi connectivity index (χ3n) is 4.69. The zero-order valence-corrected chi connectivity index (χ0v) is 20.4. The van der Waals surface area contributed by atoms with Crippen LogP contribution < -0.4 is 4.57 Å². The molecule has 0 atom stereocenters. The van der Waals surface area contributed by atoms with E-state index in [1.54, 1.807) is 0 Å². The molecule has 0 bridgehead atoms. The first-order valence-corrected chi connectivity index (χ1v) is 13.8. The van der Waals surface area contributed by atoms with Crippen molar-refractivity contribution in [1.29, 1.82) is 0 Å². The number of rotatable bonds is 13. The molecule has 0 radical (unpaired) electrons. The van der Waals surface area contributed by atoms with Gasteiger partial charge in [-0.25, -0.2) is 0 Å². The first kappa shape index (κ1) is 26.4. The van der Waals surface area contributed by atoms with E-state index in [0.29, 0.717) is 0 Å². The van der Waals surface area contributed by atoms with Gasteiger partial charge in [-0.05, 0) is 30.5 Å². The van der Waals surface area contributed by atoms with Gasteiger partial charge in [0.15, 0.2) is 6.54 Å². The van der Waals surface area contributed by atoms with E-state index < -0.39 is 10.4 Å². The molecule has 0 amide bonds. The van der Waals surface area contributed by atoms with Gasteiger partial charge in [-0.15, -0.1) is 0 Å². The highest BCUT2D eigenvalue weighted by molar-refractivity contribution is 8.00. The van der Waals surface area contributed by atoms with E-state index in [1.165, 1.54) is 85.3 Å². The van der Waals surface area contributed by atoms with Gasteiger partial charge in [-0.2, -0.15) is 13.0 Å². The second kappa shape index (κ2) is 15.2. The van der Waals surface area contributed by atoms with Gasteiger partial charge in [0.25, 0.3) is 4.34 Å². The fraction of sp³-hybridized carbons (Fsp3) is 0.667. The maximum atomic E-state index is 9.33. The number of fused-ring (bicyclic) bond motifs is 1. The smallest absolute Gasteiger partial charge is 0.264 e. The van der Waals surface area contributed by atoms with Crippen molar-refractivity contribution in [3.63, 3.8) is 0 Å². The molecule has 1 heterocycles. The van der Waals surface area contributed by atoms with E-state index in [1.807, 2.05) is 23.1 Å². The van der Waals surface area contributed by atoms with Crippen LogP contribution in [0.25, 0.3) is 10.2 Å². The number of unbranched alkanes of at least 4 members (excludes halogenated alkanes) is 9. The van der Waals surface area contributed by atoms with E-state index >= 15 is 0 Å². The highest BCUT2D eigenvalue weighted by Crippen LogP contribution is 2.26. The number of nitrogens with zero attached hydrogens (tertiary/aromatic N) is 1. The molecule has 0 saturated carbocycles. The second-order valence-corrected chi connectivity index (χ2v) is 10.2. The highest BCUT2D eigenvalue weighted by Gasteiger charge is 2.18. The predicted octanol–water partition coefficient (Wildman–Crippen LogP) is 6.27. The Morgan fingerprint density at radius 1 is 1.00 bits per heavy atom. The summed E-state index contributed by atoms with van der Waals surface area (Å²) in [6, 6.07) is 8.82. The first-order valence-electron chi connectivity index (χ1n) is 10.4. The lowest BCUT2D eigenvalue weighted by molar-refractivity contribution is -0.702. The molecule has 8 heteroatoms. The number of para-hydroxylation sites is 1. The monoisotopic (exact) mass is 462 g/mol. The summed E-state index contributed by atoms with van der Waals surface area (Å²) in [5, 5.41) is 0. The fourth-order valence-corrected chi connectivity index (χ4v) is 5.06. The summed E-state index contributed by atoms with van der Waals surface area (Å²) in [6.07, 6.45) is 16.3. The molecular weight excluding hydrogens is 426 g/mol. The van der Waals surface area contributed by atoms with Gasteiger partial charge in [0.1, 0.15) is 4.70 Å². The van der Waals surface area contributed by atoms with Crippen molar-refractivity contribution < 1.29 is 21.7 Å². The van der Waals surface area contributed by atoms with Gasteiger partial charge in [0.05, 0.1) is 7.11 Å². The Hall–Kier alpha value is -0.670. The number of thioether (sulfide) groups is 1. The topological polar surface area (TPSA) is 67.5 Å². The van der Waals surface area contributed by atoms with Crippen LogP contribution in [-0.2, 0) is 21.1 Å². The molecule has 0 unspecified atom stereocenters. The number of aryl methyl sites for hydroxylation is 1. The highest BCUT2D eigenvalue weighted by atomic mass is 32.3. The normalized spacial score (nSPS) is 11.4. The van der Waals surface area contributed by atoms with Crippen LogP contribution in [0.3, 0.4) is 0 Å². The van der Waals surface area contributed by atoms with Crippen LogP contribution in [0.2, 0.25) is 0 Å². The maximum Gasteiger partial charge on any atom is 0.397 e. The average Bonchev–Trinajstić information content (AvgIpc) is 3.07. The Kier molecular flexibility index (Phi) is 13.8. The lowest BCUT2D eigenvalue weighted by Crippen LogP contribution is -2.34. The number of thiazole rings is 1. The summed E-state index contributed by atoms with van der Waals surface area (Å²) < 4.78 is 35.1. The average molecular weight is 463 g/mol. The van der Waals surface area contributed by atoms with E-state index in [-0.39, 0.29) is 0 Å². The van der Waals surface area contributed by atoms with Crippen LogP contribution in [0.15, 0.2) is 28.6 Å². The lowest BCUT2D eigenvalue weighted by atomic mass is 10.1. The van der Waals surface area contributed by atoms with Crippen molar-refractivity contribution in [3.05, 3.63) is 24.3 Å². The number of benzene rings is 1. The van der Waals surface area contributed by atoms with Crippen molar-refractivity contribution in [2.24, 2.45) is 0 Å². The Labute approximate surface area is 184 Å². The van der Waals surface area contributed by atoms with Crippen LogP contribution in [0.4, 0.5) is 0 Å². The molecule has 1 N–H and O–H groups in total. The summed E-state index contributed by atoms with van der Waals surface area (Å²) in [7, 11) is -3.29. The molecule has 29 heavy (non-hydrogen) atoms. The van der Waals surface area contributed by atoms with Crippen LogP contribution in [-0.4, -0.2) is 26.3 Å². The van der Waals surface area contributed by atoms with Crippen LogP contribution in [0, 0.1) is 0 Å². The number of aromatic nitrogens is 1. The van der Waals surface area contributed by atoms with Gasteiger partial charge >= 0.3 is 10.4 Å². The molecule has 0 saturated heterocycles. The van der Waals surface area contributed by atoms with Crippen LogP contribution >= 0.6 is 23.1 Å². The first-order chi connectivity index (χ1) is 13.9. The SMILES string of the molecule is CCCCCCCCCCCC[n+]1c(SC)sc2ccccc21.COS(=O)(=O)O. The van der Waals surface area contributed by atoms with Gasteiger partial charge in [-0.1, -0.05) is 81.8 Å². The van der Waals surface area contributed by atoms with Crippen molar-refractivity contribution in [3.8, 4) is 0 Å². The third-order valence-corrected chi connectivity index (χ3v) is 7.40. The molecule has 1 aromatic heterocycles. The fourth-order valence-electron chi connectivity index (χ4n) is 3.13. The number of hydrogen-bond donors (Lipinski definition) is 1. The molecule has 0 aliphatic rings. The lowest BCUT2D eigenvalue weighted by Gasteiger charge is -2.01. The minimum atomic E-state index is -4.16. The summed E-state index contributed by atoms with van der Waals surface area (Å²) in [5.74, 6) is 0. The zero-order valence-electron chi connectivity index (χ0n) is 17.9. The summed E-state index contributed by atoms with van der Waals surface area (Å²) in [6.45, 7) is 3.47. The summed E-state index contributed by atoms with van der Waals surface area (Å²) in [5.41, 5.74) is 1.41. The van der Waals surface area contributed by atoms with Crippen molar-refractivity contribution in [2.45, 2.75) is 82.0 Å². The molecule has 0 fully saturated rings. The molecule has 0 aliphatic carbocycles. The van der Waals surface area contributed by atoms with Crippen LogP contribution in [0.1, 0.15) is 71.1 Å². The molecule has 0 spiro atoms. The summed E-state index contributed by atoms with van der Waals surface area (Å²) >= 11 is 3.82. The largest absolute Gasteiger partial charge is 0.397 e.